The Balaban J connectivity index is 1.56. The number of furan rings is 1. The summed E-state index contributed by atoms with van der Waals surface area (Å²) in [6, 6.07) is 3.75. The summed E-state index contributed by atoms with van der Waals surface area (Å²) in [7, 11) is 0. The average molecular weight is 371 g/mol. The van der Waals surface area contributed by atoms with E-state index in [0.29, 0.717) is 11.3 Å². The van der Waals surface area contributed by atoms with Gasteiger partial charge in [0.1, 0.15) is 16.9 Å². The van der Waals surface area contributed by atoms with Gasteiger partial charge in [-0.1, -0.05) is 27.2 Å². The van der Waals surface area contributed by atoms with Gasteiger partial charge < -0.3 is 15.1 Å². The van der Waals surface area contributed by atoms with Gasteiger partial charge in [-0.25, -0.2) is 0 Å². The second-order valence-corrected chi connectivity index (χ2v) is 9.06. The standard InChI is InChI=1S/C21H26N2O2S/c1-4-21(2,3)13-7-9-15-16(12-13)26-20-18(15)19(24)22-17(23-20)10-8-14-6-5-11-25-14/h5-6,8,10-11,13,17,23H,4,7,9,12H2,1-3H3,(H,22,24)/b10-8+/t13-,17-/m0/s1. The van der Waals surface area contributed by atoms with Crippen molar-refractivity contribution in [1.29, 1.82) is 0 Å². The molecule has 0 aromatic carbocycles. The van der Waals surface area contributed by atoms with Gasteiger partial charge in [0, 0.05) is 4.88 Å². The van der Waals surface area contributed by atoms with Crippen LogP contribution in [-0.2, 0) is 12.8 Å². The van der Waals surface area contributed by atoms with Crippen LogP contribution in [0.15, 0.2) is 28.9 Å². The Morgan fingerprint density at radius 3 is 2.96 bits per heavy atom. The lowest BCUT2D eigenvalue weighted by Crippen LogP contribution is -2.43. The molecule has 0 spiro atoms. The second kappa shape index (κ2) is 6.62. The fourth-order valence-corrected chi connectivity index (χ4v) is 5.31. The van der Waals surface area contributed by atoms with Crippen LogP contribution in [0.3, 0.4) is 0 Å². The van der Waals surface area contributed by atoms with Gasteiger partial charge in [0.2, 0.25) is 0 Å². The first-order chi connectivity index (χ1) is 12.5. The van der Waals surface area contributed by atoms with E-state index in [2.05, 4.69) is 31.4 Å². The first-order valence-electron chi connectivity index (χ1n) is 9.41. The number of nitrogens with one attached hydrogen (secondary N) is 2. The van der Waals surface area contributed by atoms with Crippen LogP contribution < -0.4 is 10.6 Å². The molecule has 0 unspecified atom stereocenters. The van der Waals surface area contributed by atoms with Crippen LogP contribution in [0, 0.1) is 11.3 Å². The minimum atomic E-state index is -0.205. The third kappa shape index (κ3) is 3.09. The normalized spacial score (nSPS) is 22.7. The maximum atomic E-state index is 12.7. The number of carbonyl (C=O) groups excluding carboxylic acids is 1. The number of fused-ring (bicyclic) bond motifs is 3. The van der Waals surface area contributed by atoms with Crippen molar-refractivity contribution in [3.63, 3.8) is 0 Å². The van der Waals surface area contributed by atoms with Crippen molar-refractivity contribution in [3.8, 4) is 0 Å². The Bertz CT molecular complexity index is 833. The van der Waals surface area contributed by atoms with E-state index in [4.69, 9.17) is 4.42 Å². The Kier molecular flexibility index (Phi) is 4.43. The Labute approximate surface area is 158 Å². The van der Waals surface area contributed by atoms with Crippen molar-refractivity contribution in [2.75, 3.05) is 5.32 Å². The van der Waals surface area contributed by atoms with Gasteiger partial charge in [-0.3, -0.25) is 4.79 Å². The maximum Gasteiger partial charge on any atom is 0.256 e. The summed E-state index contributed by atoms with van der Waals surface area (Å²) >= 11 is 1.77. The van der Waals surface area contributed by atoms with E-state index in [1.165, 1.54) is 23.3 Å². The molecule has 0 saturated heterocycles. The molecule has 1 amide bonds. The maximum absolute atomic E-state index is 12.7. The van der Waals surface area contributed by atoms with Gasteiger partial charge in [0.15, 0.2) is 0 Å². The number of hydrogen-bond acceptors (Lipinski definition) is 4. The monoisotopic (exact) mass is 370 g/mol. The molecular weight excluding hydrogens is 344 g/mol. The highest BCUT2D eigenvalue weighted by Crippen LogP contribution is 2.46. The quantitative estimate of drug-likeness (QED) is 0.789. The summed E-state index contributed by atoms with van der Waals surface area (Å²) in [5.74, 6) is 1.51. The largest absolute Gasteiger partial charge is 0.465 e. The molecule has 4 nitrogen and oxygen atoms in total. The van der Waals surface area contributed by atoms with E-state index in [1.54, 1.807) is 17.6 Å². The van der Waals surface area contributed by atoms with Crippen LogP contribution in [0.4, 0.5) is 5.00 Å². The fourth-order valence-electron chi connectivity index (χ4n) is 3.95. The topological polar surface area (TPSA) is 54.3 Å². The lowest BCUT2D eigenvalue weighted by atomic mass is 9.69. The van der Waals surface area contributed by atoms with E-state index < -0.39 is 0 Å². The van der Waals surface area contributed by atoms with E-state index in [1.807, 2.05) is 24.3 Å². The molecule has 4 rings (SSSR count). The SMILES string of the molecule is CCC(C)(C)[C@H]1CCc2c(sc3c2C(=O)N[C@H](/C=C/c2ccco2)N3)C1. The molecule has 5 heteroatoms. The molecule has 138 valence electrons. The number of hydrogen-bond donors (Lipinski definition) is 2. The van der Waals surface area contributed by atoms with Gasteiger partial charge in [0.25, 0.3) is 5.91 Å². The van der Waals surface area contributed by atoms with Crippen LogP contribution in [0.25, 0.3) is 6.08 Å². The molecular formula is C21H26N2O2S. The molecule has 0 saturated carbocycles. The lowest BCUT2D eigenvalue weighted by Gasteiger charge is -2.36. The molecule has 0 radical (unpaired) electrons. The molecule has 2 atom stereocenters. The number of carbonyl (C=O) groups is 1. The van der Waals surface area contributed by atoms with Crippen molar-refractivity contribution in [2.24, 2.45) is 11.3 Å². The second-order valence-electron chi connectivity index (χ2n) is 7.96. The molecule has 1 aliphatic carbocycles. The van der Waals surface area contributed by atoms with Crippen molar-refractivity contribution in [2.45, 2.75) is 52.6 Å². The van der Waals surface area contributed by atoms with E-state index in [9.17, 15) is 4.79 Å². The number of rotatable bonds is 4. The fraction of sp³-hybridized carbons (Fsp3) is 0.476. The van der Waals surface area contributed by atoms with Crippen molar-refractivity contribution >= 4 is 28.3 Å². The predicted molar refractivity (Wildman–Crippen MR) is 107 cm³/mol. The Morgan fingerprint density at radius 2 is 2.23 bits per heavy atom. The first kappa shape index (κ1) is 17.4. The molecule has 0 fully saturated rings. The predicted octanol–water partition coefficient (Wildman–Crippen LogP) is 5.08. The van der Waals surface area contributed by atoms with Crippen LogP contribution in [-0.4, -0.2) is 12.1 Å². The Hall–Kier alpha value is -2.01. The van der Waals surface area contributed by atoms with Crippen LogP contribution >= 0.6 is 11.3 Å². The van der Waals surface area contributed by atoms with Gasteiger partial charge in [0.05, 0.1) is 11.8 Å². The molecule has 2 aromatic rings. The smallest absolute Gasteiger partial charge is 0.256 e. The molecule has 2 aromatic heterocycles. The summed E-state index contributed by atoms with van der Waals surface area (Å²) in [4.78, 5) is 14.1. The number of amides is 1. The summed E-state index contributed by atoms with van der Waals surface area (Å²) in [6.45, 7) is 7.02. The van der Waals surface area contributed by atoms with E-state index >= 15 is 0 Å². The summed E-state index contributed by atoms with van der Waals surface area (Å²) in [6.07, 6.45) is 9.72. The van der Waals surface area contributed by atoms with Crippen LogP contribution in [0.1, 0.15) is 60.2 Å². The van der Waals surface area contributed by atoms with Crippen molar-refractivity contribution in [1.82, 2.24) is 5.32 Å². The number of thiophene rings is 1. The summed E-state index contributed by atoms with van der Waals surface area (Å²) < 4.78 is 5.32. The highest BCUT2D eigenvalue weighted by Gasteiger charge is 2.36. The zero-order valence-corrected chi connectivity index (χ0v) is 16.4. The molecule has 2 N–H and O–H groups in total. The third-order valence-electron chi connectivity index (χ3n) is 6.08. The molecule has 1 aliphatic heterocycles. The molecule has 3 heterocycles. The average Bonchev–Trinajstić information content (AvgIpc) is 3.26. The zero-order chi connectivity index (χ0) is 18.3. The van der Waals surface area contributed by atoms with Crippen molar-refractivity contribution < 1.29 is 9.21 Å². The van der Waals surface area contributed by atoms with E-state index in [-0.39, 0.29) is 12.1 Å². The minimum absolute atomic E-state index is 0.0403. The van der Waals surface area contributed by atoms with Crippen LogP contribution in [0.2, 0.25) is 0 Å². The molecule has 0 bridgehead atoms. The number of anilines is 1. The lowest BCUT2D eigenvalue weighted by molar-refractivity contribution is 0.0942. The molecule has 26 heavy (non-hydrogen) atoms. The van der Waals surface area contributed by atoms with Gasteiger partial charge in [-0.2, -0.15) is 0 Å². The van der Waals surface area contributed by atoms with Gasteiger partial charge >= 0.3 is 0 Å². The Morgan fingerprint density at radius 1 is 1.38 bits per heavy atom. The highest BCUT2D eigenvalue weighted by atomic mass is 32.1. The van der Waals surface area contributed by atoms with Gasteiger partial charge in [-0.05, 0) is 60.4 Å². The van der Waals surface area contributed by atoms with Gasteiger partial charge in [-0.15, -0.1) is 11.3 Å². The highest BCUT2D eigenvalue weighted by molar-refractivity contribution is 7.16. The minimum Gasteiger partial charge on any atom is -0.465 e. The molecule has 2 aliphatic rings. The summed E-state index contributed by atoms with van der Waals surface area (Å²) in [5, 5.41) is 7.54. The summed E-state index contributed by atoms with van der Waals surface area (Å²) in [5.41, 5.74) is 2.50. The first-order valence-corrected chi connectivity index (χ1v) is 10.2. The van der Waals surface area contributed by atoms with E-state index in [0.717, 1.165) is 29.2 Å². The zero-order valence-electron chi connectivity index (χ0n) is 15.6. The van der Waals surface area contributed by atoms with Crippen LogP contribution in [0.5, 0.6) is 0 Å². The van der Waals surface area contributed by atoms with Crippen molar-refractivity contribution in [3.05, 3.63) is 46.2 Å². The third-order valence-corrected chi connectivity index (χ3v) is 7.26.